The van der Waals surface area contributed by atoms with E-state index in [9.17, 15) is 19.1 Å². The predicted octanol–water partition coefficient (Wildman–Crippen LogP) is 0.957. The van der Waals surface area contributed by atoms with Crippen LogP contribution in [0.4, 0.5) is 10.1 Å². The number of carboxylic acid groups (broad SMARTS) is 1. The van der Waals surface area contributed by atoms with Gasteiger partial charge >= 0.3 is 5.97 Å². The van der Waals surface area contributed by atoms with Gasteiger partial charge in [0.25, 0.3) is 5.91 Å². The average molecular weight is 362 g/mol. The fourth-order valence-corrected chi connectivity index (χ4v) is 4.93. The number of rotatable bonds is 5. The van der Waals surface area contributed by atoms with Gasteiger partial charge in [0.15, 0.2) is 0 Å². The first kappa shape index (κ1) is 17.2. The van der Waals surface area contributed by atoms with Crippen molar-refractivity contribution in [1.29, 1.82) is 0 Å². The SMILES string of the molecule is CNC(=O)c1ccc(N2CCN(CC34CC(C(=O)O)(C3)C4)CC2)c(F)n1. The summed E-state index contributed by atoms with van der Waals surface area (Å²) in [5.41, 5.74) is 0.266. The van der Waals surface area contributed by atoms with Crippen molar-refractivity contribution in [2.24, 2.45) is 10.8 Å². The van der Waals surface area contributed by atoms with E-state index >= 15 is 0 Å². The van der Waals surface area contributed by atoms with Crippen LogP contribution in [0.3, 0.4) is 0 Å². The molecular formula is C18H23FN4O3. The van der Waals surface area contributed by atoms with E-state index in [1.165, 1.54) is 13.1 Å². The number of carbonyl (C=O) groups is 2. The van der Waals surface area contributed by atoms with E-state index in [2.05, 4.69) is 15.2 Å². The molecule has 0 spiro atoms. The standard InChI is InChI=1S/C18H23FN4O3/c1-20-15(24)12-2-3-13(14(19)21-12)23-6-4-22(5-7-23)11-17-8-18(9-17,10-17)16(25)26/h2-3H,4-11H2,1H3,(H,20,24)(H,25,26). The van der Waals surface area contributed by atoms with Crippen molar-refractivity contribution in [3.63, 3.8) is 0 Å². The smallest absolute Gasteiger partial charge is 0.309 e. The molecule has 2 heterocycles. The predicted molar refractivity (Wildman–Crippen MR) is 92.6 cm³/mol. The zero-order valence-corrected chi connectivity index (χ0v) is 14.8. The van der Waals surface area contributed by atoms with Crippen LogP contribution < -0.4 is 10.2 Å². The molecule has 4 aliphatic rings. The highest BCUT2D eigenvalue weighted by atomic mass is 19.1. The van der Waals surface area contributed by atoms with Gasteiger partial charge in [0, 0.05) is 39.8 Å². The van der Waals surface area contributed by atoms with Crippen LogP contribution in [0.5, 0.6) is 0 Å². The van der Waals surface area contributed by atoms with Gasteiger partial charge in [-0.05, 0) is 36.8 Å². The van der Waals surface area contributed by atoms with Crippen LogP contribution in [-0.2, 0) is 4.79 Å². The van der Waals surface area contributed by atoms with Gasteiger partial charge in [0.2, 0.25) is 5.95 Å². The van der Waals surface area contributed by atoms with Crippen molar-refractivity contribution < 1.29 is 19.1 Å². The fraction of sp³-hybridized carbons (Fsp3) is 0.611. The molecule has 0 aromatic carbocycles. The van der Waals surface area contributed by atoms with Crippen LogP contribution in [-0.4, -0.2) is 66.6 Å². The Morgan fingerprint density at radius 1 is 1.23 bits per heavy atom. The summed E-state index contributed by atoms with van der Waals surface area (Å²) in [5.74, 6) is -1.67. The number of carboxylic acids is 1. The van der Waals surface area contributed by atoms with Crippen molar-refractivity contribution in [2.75, 3.05) is 44.7 Å². The van der Waals surface area contributed by atoms with Gasteiger partial charge in [0.1, 0.15) is 5.69 Å². The third-order valence-corrected chi connectivity index (χ3v) is 6.15. The summed E-state index contributed by atoms with van der Waals surface area (Å²) in [7, 11) is 1.49. The molecule has 4 fully saturated rings. The second-order valence-electron chi connectivity index (χ2n) is 7.96. The Hall–Kier alpha value is -2.22. The quantitative estimate of drug-likeness (QED) is 0.759. The molecule has 0 radical (unpaired) electrons. The number of nitrogens with zero attached hydrogens (tertiary/aromatic N) is 3. The highest BCUT2D eigenvalue weighted by molar-refractivity contribution is 5.92. The van der Waals surface area contributed by atoms with Crippen LogP contribution in [0, 0.1) is 16.8 Å². The number of hydrogen-bond acceptors (Lipinski definition) is 5. The topological polar surface area (TPSA) is 85.8 Å². The van der Waals surface area contributed by atoms with E-state index in [1.807, 2.05) is 4.90 Å². The molecule has 7 nitrogen and oxygen atoms in total. The number of hydrogen-bond donors (Lipinski definition) is 2. The summed E-state index contributed by atoms with van der Waals surface area (Å²) in [6.07, 6.45) is 2.40. The Morgan fingerprint density at radius 3 is 2.42 bits per heavy atom. The Kier molecular flexibility index (Phi) is 3.91. The highest BCUT2D eigenvalue weighted by Crippen LogP contribution is 2.73. The molecule has 26 heavy (non-hydrogen) atoms. The Balaban J connectivity index is 1.32. The lowest BCUT2D eigenvalue weighted by molar-refractivity contribution is -0.228. The summed E-state index contributed by atoms with van der Waals surface area (Å²) in [4.78, 5) is 30.8. The number of pyridine rings is 1. The summed E-state index contributed by atoms with van der Waals surface area (Å²) in [6, 6.07) is 3.15. The van der Waals surface area contributed by atoms with Gasteiger partial charge in [-0.15, -0.1) is 0 Å². The van der Waals surface area contributed by atoms with Gasteiger partial charge in [-0.2, -0.15) is 4.39 Å². The summed E-state index contributed by atoms with van der Waals surface area (Å²) in [5, 5.41) is 11.7. The van der Waals surface area contributed by atoms with Gasteiger partial charge in [-0.25, -0.2) is 4.98 Å². The largest absolute Gasteiger partial charge is 0.481 e. The van der Waals surface area contributed by atoms with Crippen molar-refractivity contribution in [1.82, 2.24) is 15.2 Å². The minimum atomic E-state index is -0.646. The molecule has 1 aromatic heterocycles. The average Bonchev–Trinajstić information content (AvgIpc) is 2.56. The lowest BCUT2D eigenvalue weighted by atomic mass is 9.35. The van der Waals surface area contributed by atoms with Crippen LogP contribution in [0.1, 0.15) is 29.8 Å². The number of aromatic nitrogens is 1. The fourth-order valence-electron chi connectivity index (χ4n) is 4.93. The maximum Gasteiger partial charge on any atom is 0.309 e. The first-order valence-corrected chi connectivity index (χ1v) is 8.96. The lowest BCUT2D eigenvalue weighted by Gasteiger charge is -2.69. The molecule has 1 aromatic rings. The van der Waals surface area contributed by atoms with Crippen molar-refractivity contribution in [3.8, 4) is 0 Å². The number of anilines is 1. The molecule has 1 saturated heterocycles. The minimum absolute atomic E-state index is 0.0726. The Labute approximate surface area is 151 Å². The molecule has 5 rings (SSSR count). The van der Waals surface area contributed by atoms with E-state index in [0.29, 0.717) is 18.8 Å². The number of halogens is 1. The number of amides is 1. The molecule has 1 aliphatic heterocycles. The third-order valence-electron chi connectivity index (χ3n) is 6.15. The summed E-state index contributed by atoms with van der Waals surface area (Å²) >= 11 is 0. The molecule has 140 valence electrons. The second kappa shape index (κ2) is 5.90. The van der Waals surface area contributed by atoms with Crippen LogP contribution >= 0.6 is 0 Å². The van der Waals surface area contributed by atoms with Crippen molar-refractivity contribution >= 4 is 17.6 Å². The van der Waals surface area contributed by atoms with Crippen molar-refractivity contribution in [2.45, 2.75) is 19.3 Å². The van der Waals surface area contributed by atoms with Gasteiger partial charge in [-0.3, -0.25) is 14.5 Å². The maximum absolute atomic E-state index is 14.3. The van der Waals surface area contributed by atoms with E-state index in [1.54, 1.807) is 6.07 Å². The number of carbonyl (C=O) groups excluding carboxylic acids is 1. The van der Waals surface area contributed by atoms with Crippen LogP contribution in [0.2, 0.25) is 0 Å². The normalized spacial score (nSPS) is 30.3. The molecular weight excluding hydrogens is 339 g/mol. The molecule has 2 bridgehead atoms. The summed E-state index contributed by atoms with van der Waals surface area (Å²) < 4.78 is 14.3. The molecule has 3 aliphatic carbocycles. The molecule has 3 saturated carbocycles. The maximum atomic E-state index is 14.3. The van der Waals surface area contributed by atoms with E-state index in [0.717, 1.165) is 38.9 Å². The molecule has 8 heteroatoms. The Morgan fingerprint density at radius 2 is 1.88 bits per heavy atom. The third kappa shape index (κ3) is 2.63. The molecule has 0 unspecified atom stereocenters. The van der Waals surface area contributed by atoms with Gasteiger partial charge in [-0.1, -0.05) is 0 Å². The monoisotopic (exact) mass is 362 g/mol. The van der Waals surface area contributed by atoms with Crippen LogP contribution in [0.15, 0.2) is 12.1 Å². The number of nitrogens with one attached hydrogen (secondary N) is 1. The highest BCUT2D eigenvalue weighted by Gasteiger charge is 2.71. The van der Waals surface area contributed by atoms with Crippen LogP contribution in [0.25, 0.3) is 0 Å². The van der Waals surface area contributed by atoms with Crippen molar-refractivity contribution in [3.05, 3.63) is 23.8 Å². The Bertz CT molecular complexity index is 741. The van der Waals surface area contributed by atoms with E-state index < -0.39 is 23.2 Å². The zero-order chi connectivity index (χ0) is 18.5. The first-order chi connectivity index (χ1) is 12.4. The summed E-state index contributed by atoms with van der Waals surface area (Å²) in [6.45, 7) is 3.96. The molecule has 1 amide bonds. The second-order valence-corrected chi connectivity index (χ2v) is 7.96. The number of aliphatic carboxylic acids is 1. The molecule has 0 atom stereocenters. The zero-order valence-electron chi connectivity index (χ0n) is 14.8. The minimum Gasteiger partial charge on any atom is -0.481 e. The van der Waals surface area contributed by atoms with Gasteiger partial charge < -0.3 is 15.3 Å². The van der Waals surface area contributed by atoms with E-state index in [4.69, 9.17) is 0 Å². The molecule has 2 N–H and O–H groups in total. The lowest BCUT2D eigenvalue weighted by Crippen LogP contribution is -2.69. The number of piperazine rings is 1. The first-order valence-electron chi connectivity index (χ1n) is 8.96. The van der Waals surface area contributed by atoms with E-state index in [-0.39, 0.29) is 11.1 Å². The van der Waals surface area contributed by atoms with Gasteiger partial charge in [0.05, 0.1) is 11.1 Å².